The molecule has 0 fully saturated rings. The van der Waals surface area contributed by atoms with Crippen LogP contribution in [0.15, 0.2) is 158 Å². The summed E-state index contributed by atoms with van der Waals surface area (Å²) in [4.78, 5) is 12.6. The summed E-state index contributed by atoms with van der Waals surface area (Å²) in [7, 11) is 0. The van der Waals surface area contributed by atoms with Crippen LogP contribution in [0.1, 0.15) is 11.1 Å². The van der Waals surface area contributed by atoms with Crippen LogP contribution in [0.5, 0.6) is 0 Å². The molecule has 1 aliphatic heterocycles. The Labute approximate surface area is 267 Å². The second-order valence-corrected chi connectivity index (χ2v) is 11.5. The highest BCUT2D eigenvalue weighted by molar-refractivity contribution is 6.16. The minimum atomic E-state index is 0.697. The molecule has 3 heterocycles. The summed E-state index contributed by atoms with van der Waals surface area (Å²) in [5.74, 6) is 1.53. The van der Waals surface area contributed by atoms with Gasteiger partial charge in [-0.25, -0.2) is 9.97 Å². The second kappa shape index (κ2) is 10.7. The number of fused-ring (bicyclic) bond motifs is 6. The number of hydrogen-bond donors (Lipinski definition) is 0. The predicted molar refractivity (Wildman–Crippen MR) is 191 cm³/mol. The van der Waals surface area contributed by atoms with Crippen LogP contribution in [0.25, 0.3) is 62.4 Å². The van der Waals surface area contributed by atoms with Gasteiger partial charge < -0.3 is 4.90 Å². The highest BCUT2D eigenvalue weighted by atomic mass is 15.2. The fraction of sp³-hybridized carbons (Fsp3) is 0. The molecule has 0 atom stereocenters. The van der Waals surface area contributed by atoms with Gasteiger partial charge in [0.05, 0.1) is 28.1 Å². The SMILES string of the molecule is C1=Cc2c(ccc3c2c2ccccc2n3-c2cc(-c3ccccc3)nc(-c3ccccc3)n2)N(c2ccccc2)c2ccccc21. The van der Waals surface area contributed by atoms with Crippen molar-refractivity contribution in [1.82, 2.24) is 14.5 Å². The van der Waals surface area contributed by atoms with Crippen LogP contribution in [0.4, 0.5) is 17.1 Å². The number of hydrogen-bond acceptors (Lipinski definition) is 3. The Morgan fingerprint density at radius 1 is 0.478 bits per heavy atom. The smallest absolute Gasteiger partial charge is 0.162 e. The maximum atomic E-state index is 5.22. The van der Waals surface area contributed by atoms with E-state index >= 15 is 0 Å². The van der Waals surface area contributed by atoms with Gasteiger partial charge in [-0.1, -0.05) is 127 Å². The topological polar surface area (TPSA) is 34.0 Å². The maximum absolute atomic E-state index is 5.22. The van der Waals surface area contributed by atoms with Crippen molar-refractivity contribution in [3.8, 4) is 28.5 Å². The first-order chi connectivity index (χ1) is 22.8. The molecule has 0 bridgehead atoms. The first-order valence-electron chi connectivity index (χ1n) is 15.5. The van der Waals surface area contributed by atoms with E-state index in [1.165, 1.54) is 21.9 Å². The fourth-order valence-corrected chi connectivity index (χ4v) is 6.70. The van der Waals surface area contributed by atoms with E-state index in [0.29, 0.717) is 5.82 Å². The van der Waals surface area contributed by atoms with Crippen LogP contribution in [-0.4, -0.2) is 14.5 Å². The summed E-state index contributed by atoms with van der Waals surface area (Å²) in [5.41, 5.74) is 10.9. The van der Waals surface area contributed by atoms with Crippen LogP contribution in [-0.2, 0) is 0 Å². The van der Waals surface area contributed by atoms with Gasteiger partial charge in [-0.05, 0) is 42.0 Å². The maximum Gasteiger partial charge on any atom is 0.162 e. The third-order valence-corrected chi connectivity index (χ3v) is 8.76. The van der Waals surface area contributed by atoms with Gasteiger partial charge in [0, 0.05) is 39.2 Å². The van der Waals surface area contributed by atoms with Crippen molar-refractivity contribution >= 4 is 51.0 Å². The zero-order valence-corrected chi connectivity index (χ0v) is 25.0. The monoisotopic (exact) mass is 588 g/mol. The molecule has 9 rings (SSSR count). The van der Waals surface area contributed by atoms with Crippen molar-refractivity contribution < 1.29 is 0 Å². The van der Waals surface area contributed by atoms with Gasteiger partial charge in [0.2, 0.25) is 0 Å². The molecule has 1 aliphatic rings. The minimum Gasteiger partial charge on any atom is -0.309 e. The number of rotatable bonds is 4. The van der Waals surface area contributed by atoms with E-state index in [2.05, 4.69) is 155 Å². The average molecular weight is 589 g/mol. The summed E-state index contributed by atoms with van der Waals surface area (Å²) >= 11 is 0. The summed E-state index contributed by atoms with van der Waals surface area (Å²) in [6.07, 6.45) is 4.52. The van der Waals surface area contributed by atoms with Crippen molar-refractivity contribution in [3.63, 3.8) is 0 Å². The van der Waals surface area contributed by atoms with Crippen LogP contribution in [0, 0.1) is 0 Å². The second-order valence-electron chi connectivity index (χ2n) is 11.5. The van der Waals surface area contributed by atoms with Crippen molar-refractivity contribution in [2.75, 3.05) is 4.90 Å². The van der Waals surface area contributed by atoms with Crippen LogP contribution >= 0.6 is 0 Å². The van der Waals surface area contributed by atoms with E-state index < -0.39 is 0 Å². The molecule has 0 unspecified atom stereocenters. The lowest BCUT2D eigenvalue weighted by molar-refractivity contribution is 1.05. The third kappa shape index (κ3) is 4.23. The van der Waals surface area contributed by atoms with Gasteiger partial charge in [-0.2, -0.15) is 0 Å². The van der Waals surface area contributed by atoms with Crippen molar-refractivity contribution in [3.05, 3.63) is 169 Å². The van der Waals surface area contributed by atoms with Gasteiger partial charge in [0.15, 0.2) is 5.82 Å². The van der Waals surface area contributed by atoms with Crippen LogP contribution in [0.2, 0.25) is 0 Å². The highest BCUT2D eigenvalue weighted by Gasteiger charge is 2.25. The van der Waals surface area contributed by atoms with E-state index in [4.69, 9.17) is 9.97 Å². The number of nitrogens with zero attached hydrogens (tertiary/aromatic N) is 4. The number of benzene rings is 6. The Bertz CT molecular complexity index is 2350. The van der Waals surface area contributed by atoms with Crippen LogP contribution in [0.3, 0.4) is 0 Å². The fourth-order valence-electron chi connectivity index (χ4n) is 6.70. The molecule has 4 heteroatoms. The molecule has 0 saturated heterocycles. The number of para-hydroxylation sites is 3. The molecule has 0 aliphatic carbocycles. The lowest BCUT2D eigenvalue weighted by Gasteiger charge is -2.27. The molecular formula is C42H28N4. The first kappa shape index (κ1) is 26.2. The molecule has 0 N–H and O–H groups in total. The summed E-state index contributed by atoms with van der Waals surface area (Å²) in [5, 5.41) is 2.37. The molecule has 0 radical (unpaired) electrons. The lowest BCUT2D eigenvalue weighted by atomic mass is 10.0. The Balaban J connectivity index is 1.35. The van der Waals surface area contributed by atoms with Gasteiger partial charge in [-0.15, -0.1) is 0 Å². The Kier molecular flexibility index (Phi) is 6.10. The van der Waals surface area contributed by atoms with E-state index in [-0.39, 0.29) is 0 Å². The molecule has 2 aromatic heterocycles. The highest BCUT2D eigenvalue weighted by Crippen LogP contribution is 2.46. The number of anilines is 3. The zero-order chi connectivity index (χ0) is 30.5. The molecule has 8 aromatic rings. The Morgan fingerprint density at radius 3 is 1.96 bits per heavy atom. The Morgan fingerprint density at radius 2 is 1.15 bits per heavy atom. The molecule has 46 heavy (non-hydrogen) atoms. The lowest BCUT2D eigenvalue weighted by Crippen LogP contribution is -2.11. The Hall–Kier alpha value is -6.26. The van der Waals surface area contributed by atoms with Crippen molar-refractivity contribution in [2.24, 2.45) is 0 Å². The van der Waals surface area contributed by atoms with E-state index in [1.54, 1.807) is 0 Å². The van der Waals surface area contributed by atoms with Crippen molar-refractivity contribution in [1.29, 1.82) is 0 Å². The minimum absolute atomic E-state index is 0.697. The molecule has 216 valence electrons. The molecule has 6 aromatic carbocycles. The van der Waals surface area contributed by atoms with Crippen LogP contribution < -0.4 is 4.90 Å². The third-order valence-electron chi connectivity index (χ3n) is 8.76. The summed E-state index contributed by atoms with van der Waals surface area (Å²) in [6, 6.07) is 55.1. The van der Waals surface area contributed by atoms with Gasteiger partial charge in [0.1, 0.15) is 5.82 Å². The molecular weight excluding hydrogens is 560 g/mol. The predicted octanol–water partition coefficient (Wildman–Crippen LogP) is 10.9. The largest absolute Gasteiger partial charge is 0.309 e. The molecule has 0 amide bonds. The van der Waals surface area contributed by atoms with Crippen molar-refractivity contribution in [2.45, 2.75) is 0 Å². The normalized spacial score (nSPS) is 12.2. The van der Waals surface area contributed by atoms with Gasteiger partial charge in [0.25, 0.3) is 0 Å². The van der Waals surface area contributed by atoms with Gasteiger partial charge >= 0.3 is 0 Å². The van der Waals surface area contributed by atoms with E-state index in [9.17, 15) is 0 Å². The summed E-state index contributed by atoms with van der Waals surface area (Å²) < 4.78 is 2.30. The summed E-state index contributed by atoms with van der Waals surface area (Å²) in [6.45, 7) is 0. The standard InChI is InChI=1S/C42H28N4/c1-4-14-29(15-5-1)35-28-40(44-42(43-35)31-17-6-2-7-18-31)46-37-23-13-11-21-33(37)41-34-25-24-30-16-10-12-22-36(30)45(32-19-8-3-9-20-32)38(34)26-27-39(41)46/h1-28H. The van der Waals surface area contributed by atoms with Gasteiger partial charge in [-0.3, -0.25) is 4.57 Å². The molecule has 0 spiro atoms. The molecule has 4 nitrogen and oxygen atoms in total. The van der Waals surface area contributed by atoms with E-state index in [1.807, 2.05) is 24.3 Å². The average Bonchev–Trinajstić information content (AvgIpc) is 3.37. The quantitative estimate of drug-likeness (QED) is 0.205. The zero-order valence-electron chi connectivity index (χ0n) is 25.0. The first-order valence-corrected chi connectivity index (χ1v) is 15.5. The molecule has 0 saturated carbocycles. The van der Waals surface area contributed by atoms with E-state index in [0.717, 1.165) is 50.7 Å². The number of aromatic nitrogens is 3.